The highest BCUT2D eigenvalue weighted by molar-refractivity contribution is 7.91. The molecule has 7 nitrogen and oxygen atoms in total. The molecular formula is C17H24N2O5S. The van der Waals surface area contributed by atoms with Gasteiger partial charge < -0.3 is 18.8 Å². The Bertz CT molecular complexity index is 663. The third kappa shape index (κ3) is 4.20. The zero-order chi connectivity index (χ0) is 18.6. The van der Waals surface area contributed by atoms with E-state index in [1.165, 1.54) is 21.3 Å². The van der Waals surface area contributed by atoms with Crippen LogP contribution in [0.2, 0.25) is 0 Å². The maximum absolute atomic E-state index is 12.1. The normalized spacial score (nSPS) is 21.8. The van der Waals surface area contributed by atoms with Gasteiger partial charge >= 0.3 is 0 Å². The Morgan fingerprint density at radius 3 is 2.44 bits per heavy atom. The van der Waals surface area contributed by atoms with Gasteiger partial charge in [0.2, 0.25) is 16.6 Å². The van der Waals surface area contributed by atoms with E-state index < -0.39 is 11.2 Å². The fraction of sp³-hybridized carbons (Fsp3) is 0.471. The van der Waals surface area contributed by atoms with Crippen molar-refractivity contribution < 1.29 is 23.6 Å². The van der Waals surface area contributed by atoms with Crippen molar-refractivity contribution in [2.75, 3.05) is 27.6 Å². The number of ether oxygens (including phenoxy) is 3. The Balaban J connectivity index is 2.43. The van der Waals surface area contributed by atoms with Gasteiger partial charge in [0.25, 0.3) is 0 Å². The number of carbonyl (C=O) groups is 1. The van der Waals surface area contributed by atoms with Crippen molar-refractivity contribution in [3.63, 3.8) is 0 Å². The summed E-state index contributed by atoms with van der Waals surface area (Å²) < 4.78 is 28.4. The molecule has 0 aromatic heterocycles. The molecule has 138 valence electrons. The number of hydrogen-bond acceptors (Lipinski definition) is 6. The molecule has 2 rings (SSSR count). The van der Waals surface area contributed by atoms with Crippen molar-refractivity contribution in [1.82, 2.24) is 10.9 Å². The minimum absolute atomic E-state index is 0.0145. The van der Waals surface area contributed by atoms with Gasteiger partial charge in [-0.2, -0.15) is 0 Å². The van der Waals surface area contributed by atoms with Crippen molar-refractivity contribution in [2.24, 2.45) is 5.92 Å². The second-order valence-corrected chi connectivity index (χ2v) is 7.09. The van der Waals surface area contributed by atoms with E-state index in [-0.39, 0.29) is 17.9 Å². The summed E-state index contributed by atoms with van der Waals surface area (Å²) in [6.07, 6.45) is 5.84. The van der Waals surface area contributed by atoms with Gasteiger partial charge in [0.05, 0.1) is 21.3 Å². The molecule has 2 N–H and O–H groups in total. The van der Waals surface area contributed by atoms with Gasteiger partial charge in [-0.25, -0.2) is 5.43 Å². The van der Waals surface area contributed by atoms with E-state index in [1.807, 2.05) is 19.1 Å². The summed E-state index contributed by atoms with van der Waals surface area (Å²) in [5.74, 6) is 1.48. The first kappa shape index (κ1) is 19.4. The molecule has 0 radical (unpaired) electrons. The molecule has 1 aromatic carbocycles. The lowest BCUT2D eigenvalue weighted by molar-refractivity contribution is -0.125. The zero-order valence-electron chi connectivity index (χ0n) is 15.0. The quantitative estimate of drug-likeness (QED) is 0.739. The predicted octanol–water partition coefficient (Wildman–Crippen LogP) is 1.49. The lowest BCUT2D eigenvalue weighted by Crippen LogP contribution is -2.52. The van der Waals surface area contributed by atoms with Gasteiger partial charge in [0.15, 0.2) is 11.5 Å². The molecule has 1 amide bonds. The van der Waals surface area contributed by atoms with Crippen LogP contribution in [0.4, 0.5) is 0 Å². The largest absolute Gasteiger partial charge is 0.611 e. The highest BCUT2D eigenvalue weighted by atomic mass is 32.2. The molecule has 1 fully saturated rings. The first-order valence-electron chi connectivity index (χ1n) is 7.81. The third-order valence-electron chi connectivity index (χ3n) is 4.08. The number of benzene rings is 1. The fourth-order valence-corrected chi connectivity index (χ4v) is 3.65. The van der Waals surface area contributed by atoms with Crippen molar-refractivity contribution in [3.05, 3.63) is 17.7 Å². The van der Waals surface area contributed by atoms with Crippen LogP contribution in [0.3, 0.4) is 0 Å². The summed E-state index contributed by atoms with van der Waals surface area (Å²) in [6.45, 7) is 2.00. The van der Waals surface area contributed by atoms with E-state index in [0.29, 0.717) is 28.6 Å². The first-order valence-corrected chi connectivity index (χ1v) is 9.37. The van der Waals surface area contributed by atoms with Crippen LogP contribution in [0.1, 0.15) is 18.9 Å². The topological polar surface area (TPSA) is 91.9 Å². The smallest absolute Gasteiger partial charge is 0.240 e. The second-order valence-electron chi connectivity index (χ2n) is 5.78. The number of carbonyl (C=O) groups excluding carboxylic acids is 1. The van der Waals surface area contributed by atoms with E-state index in [1.54, 1.807) is 12.3 Å². The molecule has 3 atom stereocenters. The highest BCUT2D eigenvalue weighted by Gasteiger charge is 2.27. The Morgan fingerprint density at radius 1 is 1.24 bits per heavy atom. The number of amides is 1. The molecule has 3 unspecified atom stereocenters. The monoisotopic (exact) mass is 368 g/mol. The first-order chi connectivity index (χ1) is 11.9. The SMILES string of the molecule is COc1cc(/C=C/C2NNC(=O)CC2C)c(OC)c(OC)c1[S+](C)[O-]. The van der Waals surface area contributed by atoms with Gasteiger partial charge in [-0.05, 0) is 23.2 Å². The maximum atomic E-state index is 12.1. The van der Waals surface area contributed by atoms with E-state index in [9.17, 15) is 9.35 Å². The standard InChI is InChI=1S/C17H24N2O5S/c1-10-8-14(20)19-18-12(10)7-6-11-9-13(22-2)17(25(5)21)16(24-4)15(11)23-3/h6-7,9-10,12,18H,8H2,1-5H3,(H,19,20)/b7-6+. The minimum Gasteiger partial charge on any atom is -0.611 e. The molecule has 0 spiro atoms. The lowest BCUT2D eigenvalue weighted by Gasteiger charge is -2.27. The van der Waals surface area contributed by atoms with Crippen LogP contribution in [0.15, 0.2) is 17.0 Å². The Morgan fingerprint density at radius 2 is 1.92 bits per heavy atom. The van der Waals surface area contributed by atoms with Crippen molar-refractivity contribution in [2.45, 2.75) is 24.3 Å². The Kier molecular flexibility index (Phi) is 6.57. The van der Waals surface area contributed by atoms with Crippen LogP contribution >= 0.6 is 0 Å². The van der Waals surface area contributed by atoms with E-state index in [2.05, 4.69) is 10.9 Å². The summed E-state index contributed by atoms with van der Waals surface area (Å²) in [5, 5.41) is 0. The molecule has 1 saturated heterocycles. The molecule has 1 aromatic rings. The van der Waals surface area contributed by atoms with E-state index in [0.717, 1.165) is 5.56 Å². The van der Waals surface area contributed by atoms with E-state index >= 15 is 0 Å². The number of hydrogen-bond donors (Lipinski definition) is 2. The highest BCUT2D eigenvalue weighted by Crippen LogP contribution is 2.44. The van der Waals surface area contributed by atoms with Crippen LogP contribution < -0.4 is 25.1 Å². The van der Waals surface area contributed by atoms with Crippen molar-refractivity contribution in [1.29, 1.82) is 0 Å². The number of nitrogens with one attached hydrogen (secondary N) is 2. The molecular weight excluding hydrogens is 344 g/mol. The van der Waals surface area contributed by atoms with Gasteiger partial charge in [-0.3, -0.25) is 10.2 Å². The molecule has 1 aliphatic rings. The van der Waals surface area contributed by atoms with Crippen LogP contribution in [0.25, 0.3) is 6.08 Å². The van der Waals surface area contributed by atoms with E-state index in [4.69, 9.17) is 14.2 Å². The summed E-state index contributed by atoms with van der Waals surface area (Å²) in [7, 11) is 4.55. The number of methoxy groups -OCH3 is 3. The van der Waals surface area contributed by atoms with Gasteiger partial charge in [-0.15, -0.1) is 0 Å². The van der Waals surface area contributed by atoms with Gasteiger partial charge in [0.1, 0.15) is 6.26 Å². The molecule has 0 bridgehead atoms. The molecule has 0 saturated carbocycles. The maximum Gasteiger partial charge on any atom is 0.240 e. The summed E-state index contributed by atoms with van der Waals surface area (Å²) in [6, 6.07) is 1.75. The molecule has 0 aliphatic carbocycles. The van der Waals surface area contributed by atoms with Crippen LogP contribution in [0, 0.1) is 5.92 Å². The second kappa shape index (κ2) is 8.46. The summed E-state index contributed by atoms with van der Waals surface area (Å²) in [4.78, 5) is 11.8. The van der Waals surface area contributed by atoms with Gasteiger partial charge in [0, 0.05) is 18.0 Å². The van der Waals surface area contributed by atoms with Crippen molar-refractivity contribution in [3.8, 4) is 17.2 Å². The average Bonchev–Trinajstić information content (AvgIpc) is 2.59. The Hall–Kier alpha value is -1.90. The molecule has 25 heavy (non-hydrogen) atoms. The van der Waals surface area contributed by atoms with Crippen LogP contribution in [-0.4, -0.2) is 44.1 Å². The minimum atomic E-state index is -1.30. The molecule has 1 heterocycles. The zero-order valence-corrected chi connectivity index (χ0v) is 15.9. The summed E-state index contributed by atoms with van der Waals surface area (Å²) >= 11 is -1.30. The Labute approximate surface area is 150 Å². The molecule has 8 heteroatoms. The third-order valence-corrected chi connectivity index (χ3v) is 5.04. The lowest BCUT2D eigenvalue weighted by atomic mass is 9.95. The molecule has 1 aliphatic heterocycles. The number of hydrazine groups is 1. The number of rotatable bonds is 6. The average molecular weight is 368 g/mol. The fourth-order valence-electron chi connectivity index (χ4n) is 2.78. The predicted molar refractivity (Wildman–Crippen MR) is 96.3 cm³/mol. The summed E-state index contributed by atoms with van der Waals surface area (Å²) in [5.41, 5.74) is 6.34. The van der Waals surface area contributed by atoms with Crippen LogP contribution in [0.5, 0.6) is 17.2 Å². The van der Waals surface area contributed by atoms with Gasteiger partial charge in [-0.1, -0.05) is 19.1 Å². The van der Waals surface area contributed by atoms with Crippen LogP contribution in [-0.2, 0) is 16.0 Å². The van der Waals surface area contributed by atoms with Crippen molar-refractivity contribution >= 4 is 23.2 Å².